The maximum Gasteiger partial charge on any atom is 0.235 e. The number of fused-ring (bicyclic) bond motifs is 1. The second-order valence-corrected chi connectivity index (χ2v) is 9.15. The molecule has 0 amide bonds. The minimum absolute atomic E-state index is 0.0963. The Kier molecular flexibility index (Phi) is 6.45. The second-order valence-electron chi connectivity index (χ2n) is 9.15. The van der Waals surface area contributed by atoms with Gasteiger partial charge in [-0.1, -0.05) is 12.1 Å². The van der Waals surface area contributed by atoms with Crippen molar-refractivity contribution in [2.45, 2.75) is 52.4 Å². The van der Waals surface area contributed by atoms with Gasteiger partial charge in [0.25, 0.3) is 0 Å². The number of aliphatic hydroxyl groups is 1. The number of nitrogens with zero attached hydrogens (tertiary/aromatic N) is 3. The topological polar surface area (TPSA) is 108 Å². The van der Waals surface area contributed by atoms with Gasteiger partial charge in [-0.15, -0.1) is 0 Å². The van der Waals surface area contributed by atoms with Gasteiger partial charge in [0.1, 0.15) is 24.3 Å². The van der Waals surface area contributed by atoms with E-state index in [1.807, 2.05) is 56.3 Å². The molecule has 1 aliphatic rings. The number of ether oxygens (including phenoxy) is 2. The molecule has 0 bridgehead atoms. The fraction of sp³-hybridized carbons (Fsp3) is 0.333. The zero-order valence-electron chi connectivity index (χ0n) is 19.9. The number of aliphatic hydroxyl groups excluding tert-OH is 1. The minimum atomic E-state index is -1.09. The summed E-state index contributed by atoms with van der Waals surface area (Å²) in [7, 11) is 0. The van der Waals surface area contributed by atoms with Gasteiger partial charge in [-0.2, -0.15) is 5.26 Å². The molecule has 8 heteroatoms. The molecule has 1 saturated carbocycles. The third kappa shape index (κ3) is 5.16. The molecule has 2 heterocycles. The molecule has 1 atom stereocenters. The number of imidazole rings is 1. The van der Waals surface area contributed by atoms with Crippen molar-refractivity contribution in [3.05, 3.63) is 66.2 Å². The number of anilines is 1. The molecule has 2 aromatic carbocycles. The lowest BCUT2D eigenvalue weighted by Gasteiger charge is -2.17. The average Bonchev–Trinajstić information content (AvgIpc) is 3.40. The number of benzene rings is 2. The highest BCUT2D eigenvalue weighted by Gasteiger charge is 2.26. The van der Waals surface area contributed by atoms with E-state index in [1.165, 1.54) is 12.8 Å². The first-order valence-electron chi connectivity index (χ1n) is 11.9. The molecular formula is C27H29N5O3. The van der Waals surface area contributed by atoms with Gasteiger partial charge in [-0.3, -0.25) is 0 Å². The lowest BCUT2D eigenvalue weighted by molar-refractivity contribution is -0.105. The van der Waals surface area contributed by atoms with Crippen molar-refractivity contribution < 1.29 is 14.6 Å². The van der Waals surface area contributed by atoms with Gasteiger partial charge < -0.3 is 29.4 Å². The normalized spacial score (nSPS) is 14.3. The largest absolute Gasteiger partial charge is 0.486 e. The molecule has 1 aliphatic carbocycles. The number of nitriles is 1. The van der Waals surface area contributed by atoms with E-state index in [0.717, 1.165) is 46.0 Å². The van der Waals surface area contributed by atoms with E-state index in [-0.39, 0.29) is 6.10 Å². The van der Waals surface area contributed by atoms with Crippen molar-refractivity contribution in [3.8, 4) is 23.1 Å². The average molecular weight is 472 g/mol. The number of H-pyrrole nitrogens is 1. The van der Waals surface area contributed by atoms with Crippen LogP contribution in [0.25, 0.3) is 22.2 Å². The van der Waals surface area contributed by atoms with Crippen LogP contribution in [0.2, 0.25) is 0 Å². The van der Waals surface area contributed by atoms with Gasteiger partial charge in [-0.25, -0.2) is 4.98 Å². The number of rotatable bonds is 10. The molecule has 8 nitrogen and oxygen atoms in total. The first-order chi connectivity index (χ1) is 17.0. The lowest BCUT2D eigenvalue weighted by atomic mass is 10.1. The molecule has 4 aromatic rings. The number of nitrogens with one attached hydrogen (secondary N) is 2. The zero-order chi connectivity index (χ0) is 24.4. The third-order valence-electron chi connectivity index (χ3n) is 6.07. The first kappa shape index (κ1) is 23.0. The highest BCUT2D eigenvalue weighted by atomic mass is 16.6. The van der Waals surface area contributed by atoms with Crippen LogP contribution in [0, 0.1) is 17.2 Å². The van der Waals surface area contributed by atoms with E-state index < -0.39 is 6.41 Å². The van der Waals surface area contributed by atoms with Crippen LogP contribution in [0.5, 0.6) is 5.75 Å². The van der Waals surface area contributed by atoms with E-state index in [1.54, 1.807) is 12.4 Å². The van der Waals surface area contributed by atoms with Gasteiger partial charge in [0.15, 0.2) is 0 Å². The van der Waals surface area contributed by atoms with E-state index in [9.17, 15) is 10.4 Å². The number of hydrogen-bond acceptors (Lipinski definition) is 6. The summed E-state index contributed by atoms with van der Waals surface area (Å²) in [6, 6.07) is 16.0. The molecule has 5 rings (SSSR count). The van der Waals surface area contributed by atoms with E-state index >= 15 is 0 Å². The van der Waals surface area contributed by atoms with Crippen LogP contribution in [0.1, 0.15) is 38.1 Å². The van der Waals surface area contributed by atoms with E-state index in [4.69, 9.17) is 9.47 Å². The quantitative estimate of drug-likeness (QED) is 0.281. The van der Waals surface area contributed by atoms with Crippen molar-refractivity contribution in [1.82, 2.24) is 14.5 Å². The highest BCUT2D eigenvalue weighted by molar-refractivity contribution is 5.95. The summed E-state index contributed by atoms with van der Waals surface area (Å²) < 4.78 is 13.6. The summed E-state index contributed by atoms with van der Waals surface area (Å²) in [5.74, 6) is 2.11. The molecule has 180 valence electrons. The molecular weight excluding hydrogens is 442 g/mol. The summed E-state index contributed by atoms with van der Waals surface area (Å²) in [5.41, 5.74) is 4.23. The van der Waals surface area contributed by atoms with Crippen LogP contribution < -0.4 is 10.1 Å². The molecule has 0 radical (unpaired) electrons. The summed E-state index contributed by atoms with van der Waals surface area (Å²) in [4.78, 5) is 7.26. The minimum Gasteiger partial charge on any atom is -0.486 e. The maximum absolute atomic E-state index is 10.1. The van der Waals surface area contributed by atoms with Crippen LogP contribution >= 0.6 is 0 Å². The van der Waals surface area contributed by atoms with Crippen molar-refractivity contribution in [3.63, 3.8) is 0 Å². The third-order valence-corrected chi connectivity index (χ3v) is 6.07. The first-order valence-corrected chi connectivity index (χ1v) is 11.9. The fourth-order valence-electron chi connectivity index (χ4n) is 4.27. The van der Waals surface area contributed by atoms with Gasteiger partial charge in [0.2, 0.25) is 6.41 Å². The highest BCUT2D eigenvalue weighted by Crippen LogP contribution is 2.39. The summed E-state index contributed by atoms with van der Waals surface area (Å²) in [5, 5.41) is 24.0. The van der Waals surface area contributed by atoms with E-state index in [0.29, 0.717) is 18.1 Å². The number of aromatic nitrogens is 3. The standard InChI is InChI=1S/C27H29N5O3/c1-17(2)35-27(33)31-20-7-5-19(6-8-20)26-23(14-28)22-10-9-21(34-16-25-29-11-12-30-25)13-24(22)32(26)15-18-3-4-18/h5-13,17-18,27,31,33H,3-4,15-16H2,1-2H3,(H,29,30). The van der Waals surface area contributed by atoms with Gasteiger partial charge in [0.05, 0.1) is 22.9 Å². The summed E-state index contributed by atoms with van der Waals surface area (Å²) >= 11 is 0. The molecule has 2 aromatic heterocycles. The molecule has 1 unspecified atom stereocenters. The molecule has 0 aliphatic heterocycles. The van der Waals surface area contributed by atoms with Crippen molar-refractivity contribution in [2.24, 2.45) is 5.92 Å². The lowest BCUT2D eigenvalue weighted by Crippen LogP contribution is -2.25. The Labute approximate surface area is 204 Å². The van der Waals surface area contributed by atoms with E-state index in [2.05, 4.69) is 25.9 Å². The van der Waals surface area contributed by atoms with Gasteiger partial charge in [-0.05, 0) is 62.4 Å². The molecule has 3 N–H and O–H groups in total. The van der Waals surface area contributed by atoms with Gasteiger partial charge >= 0.3 is 0 Å². The second kappa shape index (κ2) is 9.82. The SMILES string of the molecule is CC(C)OC(O)Nc1ccc(-c2c(C#N)c3ccc(OCc4ncc[nH]4)cc3n2CC2CC2)cc1. The Morgan fingerprint density at radius 1 is 1.23 bits per heavy atom. The predicted octanol–water partition coefficient (Wildman–Crippen LogP) is 5.00. The monoisotopic (exact) mass is 471 g/mol. The molecule has 35 heavy (non-hydrogen) atoms. The Morgan fingerprint density at radius 2 is 2.03 bits per heavy atom. The van der Waals surface area contributed by atoms with Crippen LogP contribution in [0.3, 0.4) is 0 Å². The zero-order valence-corrected chi connectivity index (χ0v) is 19.9. The number of aromatic amines is 1. The Hall–Kier alpha value is -3.80. The van der Waals surface area contributed by atoms with Crippen LogP contribution in [0.4, 0.5) is 5.69 Å². The Bertz CT molecular complexity index is 1330. The predicted molar refractivity (Wildman–Crippen MR) is 134 cm³/mol. The van der Waals surface area contributed by atoms with Crippen molar-refractivity contribution in [2.75, 3.05) is 5.32 Å². The maximum atomic E-state index is 10.1. The summed E-state index contributed by atoms with van der Waals surface area (Å²) in [6.07, 6.45) is 4.69. The molecule has 0 saturated heterocycles. The van der Waals surface area contributed by atoms with Crippen molar-refractivity contribution in [1.29, 1.82) is 5.26 Å². The molecule has 0 spiro atoms. The Morgan fingerprint density at radius 3 is 2.69 bits per heavy atom. The fourth-order valence-corrected chi connectivity index (χ4v) is 4.27. The van der Waals surface area contributed by atoms with Gasteiger partial charge in [0, 0.05) is 36.1 Å². The van der Waals surface area contributed by atoms with Crippen LogP contribution in [-0.2, 0) is 17.9 Å². The summed E-state index contributed by atoms with van der Waals surface area (Å²) in [6.45, 7) is 4.93. The number of hydrogen-bond donors (Lipinski definition) is 3. The smallest absolute Gasteiger partial charge is 0.235 e. The molecule has 1 fully saturated rings. The Balaban J connectivity index is 1.49. The van der Waals surface area contributed by atoms with Crippen molar-refractivity contribution >= 4 is 16.6 Å². The van der Waals surface area contributed by atoms with Crippen LogP contribution in [0.15, 0.2) is 54.9 Å². The van der Waals surface area contributed by atoms with Crippen LogP contribution in [-0.4, -0.2) is 32.2 Å².